The normalized spacial score (nSPS) is 0. The Morgan fingerprint density at radius 1 is 0.500 bits per heavy atom. The number of hydrogen-bond donors (Lipinski definition) is 0. The largest absolute Gasteiger partial charge is 2.00 e. The van der Waals surface area contributed by atoms with Crippen LogP contribution < -0.4 is 17.0 Å². The average Bonchev–Trinajstić information content (AvgIpc) is 0. The van der Waals surface area contributed by atoms with Crippen molar-refractivity contribution in [1.29, 1.82) is 0 Å². The Kier molecular flexibility index (Phi) is 1800. The van der Waals surface area contributed by atoms with Crippen LogP contribution in [-0.4, -0.2) is 59.6 Å². The third-order valence-electron chi connectivity index (χ3n) is 0. The molecule has 0 aromatic heterocycles. The van der Waals surface area contributed by atoms with E-state index in [-0.39, 0.29) is 76.6 Å². The molecule has 0 spiro atoms. The van der Waals surface area contributed by atoms with Crippen molar-refractivity contribution in [3.8, 4) is 0 Å². The number of hydrogen-bond acceptors (Lipinski definition) is 0. The van der Waals surface area contributed by atoms with Gasteiger partial charge in [-0.05, 0) is 0 Å². The summed E-state index contributed by atoms with van der Waals surface area (Å²) in [5.74, 6) is 0. The van der Waals surface area contributed by atoms with Gasteiger partial charge in [-0.1, -0.05) is 0 Å². The Morgan fingerprint density at radius 3 is 0.500 bits per heavy atom. The third-order valence-corrected chi connectivity index (χ3v) is 0. The molecule has 8 N–H and O–H groups in total. The summed E-state index contributed by atoms with van der Waals surface area (Å²) in [5.41, 5.74) is 0. The van der Waals surface area contributed by atoms with Gasteiger partial charge in [0, 0.05) is 0 Å². The van der Waals surface area contributed by atoms with Gasteiger partial charge in [-0.15, -0.1) is 0 Å². The van der Waals surface area contributed by atoms with Crippen molar-refractivity contribution in [3.63, 3.8) is 0 Å². The zero-order valence-corrected chi connectivity index (χ0v) is 6.88. The quantitative estimate of drug-likeness (QED) is 0.338. The molecule has 0 saturated heterocycles. The second-order valence-electron chi connectivity index (χ2n) is 0. The van der Waals surface area contributed by atoms with E-state index in [1.807, 2.05) is 0 Å². The molecule has 6 heavy (non-hydrogen) atoms. The van der Waals surface area contributed by atoms with Crippen molar-refractivity contribution >= 4 is 37.7 Å². The van der Waals surface area contributed by atoms with E-state index in [1.54, 1.807) is 0 Å². The van der Waals surface area contributed by atoms with Crippen molar-refractivity contribution < 1.29 is 38.9 Å². The molecule has 0 aliphatic carbocycles. The molecule has 0 fully saturated rings. The van der Waals surface area contributed by atoms with Gasteiger partial charge in [0.15, 0.2) is 0 Å². The SMILES string of the molecule is O.O.O.O.[Br-].[Ca+2]. The molecule has 0 atom stereocenters. The van der Waals surface area contributed by atoms with E-state index in [9.17, 15) is 0 Å². The van der Waals surface area contributed by atoms with Crippen LogP contribution in [-0.2, 0) is 0 Å². The molecule has 0 aromatic carbocycles. The summed E-state index contributed by atoms with van der Waals surface area (Å²) < 4.78 is 0. The Balaban J connectivity index is 0. The summed E-state index contributed by atoms with van der Waals surface area (Å²) in [7, 11) is 0. The first kappa shape index (κ1) is 131. The Morgan fingerprint density at radius 2 is 0.500 bits per heavy atom. The Labute approximate surface area is 75.9 Å². The molecule has 0 aliphatic rings. The smallest absolute Gasteiger partial charge is 1.00 e. The molecule has 0 bridgehead atoms. The van der Waals surface area contributed by atoms with E-state index >= 15 is 0 Å². The minimum Gasteiger partial charge on any atom is -1.00 e. The van der Waals surface area contributed by atoms with Gasteiger partial charge in [-0.2, -0.15) is 0 Å². The summed E-state index contributed by atoms with van der Waals surface area (Å²) in [6.07, 6.45) is 0. The zero-order valence-electron chi connectivity index (χ0n) is 3.09. The first-order chi connectivity index (χ1) is 0. The van der Waals surface area contributed by atoms with Crippen molar-refractivity contribution in [2.75, 3.05) is 0 Å². The van der Waals surface area contributed by atoms with Gasteiger partial charge in [0.2, 0.25) is 0 Å². The molecule has 4 nitrogen and oxygen atoms in total. The molecule has 0 aromatic rings. The molecule has 0 aliphatic heterocycles. The second kappa shape index (κ2) is 82.1. The van der Waals surface area contributed by atoms with Crippen LogP contribution in [0.1, 0.15) is 0 Å². The molecular weight excluding hydrogens is 184 g/mol. The topological polar surface area (TPSA) is 126 Å². The number of halogens is 1. The van der Waals surface area contributed by atoms with Crippen LogP contribution in [0, 0.1) is 0 Å². The van der Waals surface area contributed by atoms with Crippen LogP contribution in [0.3, 0.4) is 0 Å². The first-order valence-corrected chi connectivity index (χ1v) is 0. The van der Waals surface area contributed by atoms with Crippen molar-refractivity contribution in [1.82, 2.24) is 0 Å². The van der Waals surface area contributed by atoms with Crippen molar-refractivity contribution in [3.05, 3.63) is 0 Å². The molecular formula is H8BrCaO4+. The fourth-order valence-corrected chi connectivity index (χ4v) is 0. The van der Waals surface area contributed by atoms with Crippen LogP contribution in [0.25, 0.3) is 0 Å². The molecule has 40 valence electrons. The van der Waals surface area contributed by atoms with Gasteiger partial charge in [0.1, 0.15) is 0 Å². The van der Waals surface area contributed by atoms with E-state index in [1.165, 1.54) is 0 Å². The molecule has 0 radical (unpaired) electrons. The van der Waals surface area contributed by atoms with Crippen LogP contribution in [0.15, 0.2) is 0 Å². The maximum absolute atomic E-state index is 0. The Bertz CT molecular complexity index is 7.51. The van der Waals surface area contributed by atoms with Gasteiger partial charge < -0.3 is 38.9 Å². The third kappa shape index (κ3) is 46.9. The summed E-state index contributed by atoms with van der Waals surface area (Å²) in [5, 5.41) is 0. The second-order valence-corrected chi connectivity index (χ2v) is 0. The fourth-order valence-electron chi connectivity index (χ4n) is 0. The van der Waals surface area contributed by atoms with Crippen molar-refractivity contribution in [2.45, 2.75) is 0 Å². The Hall–Kier alpha value is 1.58. The van der Waals surface area contributed by atoms with Gasteiger partial charge >= 0.3 is 37.7 Å². The van der Waals surface area contributed by atoms with Crippen LogP contribution in [0.2, 0.25) is 0 Å². The molecule has 6 heteroatoms. The average molecular weight is 192 g/mol. The summed E-state index contributed by atoms with van der Waals surface area (Å²) in [6.45, 7) is 0. The predicted octanol–water partition coefficient (Wildman–Crippen LogP) is -6.68. The van der Waals surface area contributed by atoms with Crippen molar-refractivity contribution in [2.24, 2.45) is 0 Å². The van der Waals surface area contributed by atoms with E-state index in [2.05, 4.69) is 0 Å². The van der Waals surface area contributed by atoms with Gasteiger partial charge in [-0.3, -0.25) is 0 Å². The molecule has 0 saturated carbocycles. The fraction of sp³-hybridized carbons (Fsp3) is 0. The maximum Gasteiger partial charge on any atom is 2.00 e. The molecule has 0 amide bonds. The zero-order chi connectivity index (χ0) is 0. The van der Waals surface area contributed by atoms with Crippen LogP contribution in [0.5, 0.6) is 0 Å². The summed E-state index contributed by atoms with van der Waals surface area (Å²) in [6, 6.07) is 0. The van der Waals surface area contributed by atoms with Gasteiger partial charge in [-0.25, -0.2) is 0 Å². The summed E-state index contributed by atoms with van der Waals surface area (Å²) in [4.78, 5) is 0. The van der Waals surface area contributed by atoms with E-state index in [0.29, 0.717) is 0 Å². The molecule has 0 heterocycles. The minimum atomic E-state index is 0. The van der Waals surface area contributed by atoms with E-state index in [4.69, 9.17) is 0 Å². The minimum absolute atomic E-state index is 0. The van der Waals surface area contributed by atoms with Crippen LogP contribution >= 0.6 is 0 Å². The maximum atomic E-state index is 0. The van der Waals surface area contributed by atoms with Gasteiger partial charge in [0.25, 0.3) is 0 Å². The monoisotopic (exact) mass is 191 g/mol. The van der Waals surface area contributed by atoms with E-state index in [0.717, 1.165) is 0 Å². The van der Waals surface area contributed by atoms with Gasteiger partial charge in [0.05, 0.1) is 0 Å². The first-order valence-electron chi connectivity index (χ1n) is 0. The number of rotatable bonds is 0. The standard InChI is InChI=1S/BrH.Ca.4H2O/h1H;;4*1H2/q;+2;;;;/p-1. The van der Waals surface area contributed by atoms with E-state index < -0.39 is 0 Å². The molecule has 0 rings (SSSR count). The van der Waals surface area contributed by atoms with Crippen LogP contribution in [0.4, 0.5) is 0 Å². The summed E-state index contributed by atoms with van der Waals surface area (Å²) >= 11 is 0. The molecule has 0 unspecified atom stereocenters. The predicted molar refractivity (Wildman–Crippen MR) is 20.2 cm³/mol.